The summed E-state index contributed by atoms with van der Waals surface area (Å²) >= 11 is 0. The summed E-state index contributed by atoms with van der Waals surface area (Å²) in [7, 11) is 0. The molecule has 0 unspecified atom stereocenters. The van der Waals surface area contributed by atoms with Crippen LogP contribution in [0.15, 0.2) is 42.6 Å². The van der Waals surface area contributed by atoms with Crippen LogP contribution in [0.5, 0.6) is 0 Å². The second kappa shape index (κ2) is 9.81. The lowest BCUT2D eigenvalue weighted by Gasteiger charge is -2.51. The van der Waals surface area contributed by atoms with Crippen molar-refractivity contribution in [1.29, 1.82) is 5.26 Å². The summed E-state index contributed by atoms with van der Waals surface area (Å²) in [6, 6.07) is 15.1. The van der Waals surface area contributed by atoms with Crippen LogP contribution in [-0.4, -0.2) is 83.2 Å². The van der Waals surface area contributed by atoms with Gasteiger partial charge < -0.3 is 15.5 Å². The molecule has 1 aromatic carbocycles. The molecule has 5 heterocycles. The molecule has 3 saturated heterocycles. The van der Waals surface area contributed by atoms with Gasteiger partial charge in [-0.15, -0.1) is 0 Å². The molecule has 38 heavy (non-hydrogen) atoms. The molecule has 3 fully saturated rings. The minimum atomic E-state index is -0.135. The molecule has 3 aliphatic heterocycles. The molecule has 3 aliphatic rings. The molecule has 6 rings (SSSR count). The monoisotopic (exact) mass is 511 g/mol. The van der Waals surface area contributed by atoms with Gasteiger partial charge in [0.05, 0.1) is 12.5 Å². The summed E-state index contributed by atoms with van der Waals surface area (Å²) in [6.45, 7) is 14.3. The van der Waals surface area contributed by atoms with Crippen molar-refractivity contribution in [3.63, 3.8) is 0 Å². The molecule has 0 radical (unpaired) electrons. The molecular formula is C30H38N8. The number of nitrogens with two attached hydrogens (primary N) is 1. The Balaban J connectivity index is 1.18. The highest BCUT2D eigenvalue weighted by molar-refractivity contribution is 5.95. The lowest BCUT2D eigenvalue weighted by Crippen LogP contribution is -2.65. The number of anilines is 2. The number of aryl methyl sites for hydroxylation is 1. The number of aromatic nitrogens is 2. The Morgan fingerprint density at radius 1 is 1.13 bits per heavy atom. The van der Waals surface area contributed by atoms with Gasteiger partial charge in [-0.1, -0.05) is 6.07 Å². The third-order valence-corrected chi connectivity index (χ3v) is 8.65. The quantitative estimate of drug-likeness (QED) is 0.572. The van der Waals surface area contributed by atoms with E-state index in [4.69, 9.17) is 12.1 Å². The summed E-state index contributed by atoms with van der Waals surface area (Å²) in [5, 5.41) is 10.5. The number of piperazine rings is 2. The van der Waals surface area contributed by atoms with E-state index >= 15 is 0 Å². The van der Waals surface area contributed by atoms with Crippen molar-refractivity contribution in [3.05, 3.63) is 59.4 Å². The maximum absolute atomic E-state index is 9.60. The number of hydrogen-bond donors (Lipinski definition) is 1. The van der Waals surface area contributed by atoms with Crippen molar-refractivity contribution in [2.24, 2.45) is 5.73 Å². The van der Waals surface area contributed by atoms with E-state index < -0.39 is 0 Å². The Kier molecular flexibility index (Phi) is 6.15. The number of nitrogens with zero attached hydrogens (tertiary/aromatic N) is 7. The van der Waals surface area contributed by atoms with Gasteiger partial charge in [-0.25, -0.2) is 4.98 Å². The topological polar surface area (TPSA) is 88.5 Å². The zero-order chi connectivity index (χ0) is 27.3. The van der Waals surface area contributed by atoms with Crippen LogP contribution in [0, 0.1) is 18.3 Å². The number of pyridine rings is 2. The molecule has 0 saturated carbocycles. The molecule has 198 valence electrons. The lowest BCUT2D eigenvalue weighted by molar-refractivity contribution is 0.0316. The minimum Gasteiger partial charge on any atom is -0.368 e. The SMILES string of the molecule is [2H]c1ccc2c(N3C[C@@H]4CN(Cc5ccc(N6CC[C@@](C)(N)C6)nc5C)CCN4[C@H](C)C3)ccc(C#N)c2n1. The van der Waals surface area contributed by atoms with Gasteiger partial charge in [0.1, 0.15) is 11.9 Å². The number of rotatable bonds is 4. The molecule has 0 aliphatic carbocycles. The molecule has 2 N–H and O–H groups in total. The van der Waals surface area contributed by atoms with E-state index in [-0.39, 0.29) is 11.7 Å². The van der Waals surface area contributed by atoms with Crippen LogP contribution in [-0.2, 0) is 6.54 Å². The zero-order valence-corrected chi connectivity index (χ0v) is 22.7. The molecule has 0 spiro atoms. The first kappa shape index (κ1) is 23.8. The fourth-order valence-corrected chi connectivity index (χ4v) is 6.58. The highest BCUT2D eigenvalue weighted by Crippen LogP contribution is 2.32. The first-order chi connectivity index (χ1) is 18.7. The predicted octanol–water partition coefficient (Wildman–Crippen LogP) is 3.13. The van der Waals surface area contributed by atoms with E-state index in [1.807, 2.05) is 12.1 Å². The Hall–Kier alpha value is -3.25. The average Bonchev–Trinajstić information content (AvgIpc) is 3.28. The first-order valence-electron chi connectivity index (χ1n) is 14.2. The van der Waals surface area contributed by atoms with Crippen LogP contribution < -0.4 is 15.5 Å². The van der Waals surface area contributed by atoms with Gasteiger partial charge in [-0.05, 0) is 63.1 Å². The van der Waals surface area contributed by atoms with Gasteiger partial charge in [0.25, 0.3) is 0 Å². The maximum atomic E-state index is 9.60. The van der Waals surface area contributed by atoms with Crippen molar-refractivity contribution in [1.82, 2.24) is 19.8 Å². The summed E-state index contributed by atoms with van der Waals surface area (Å²) < 4.78 is 7.96. The second-order valence-electron chi connectivity index (χ2n) is 11.7. The average molecular weight is 512 g/mol. The molecule has 3 atom stereocenters. The zero-order valence-electron chi connectivity index (χ0n) is 23.7. The van der Waals surface area contributed by atoms with E-state index in [0.29, 0.717) is 23.2 Å². The van der Waals surface area contributed by atoms with Crippen LogP contribution >= 0.6 is 0 Å². The van der Waals surface area contributed by atoms with E-state index in [1.165, 1.54) is 5.56 Å². The highest BCUT2D eigenvalue weighted by Gasteiger charge is 2.37. The van der Waals surface area contributed by atoms with Crippen molar-refractivity contribution < 1.29 is 1.37 Å². The van der Waals surface area contributed by atoms with E-state index in [9.17, 15) is 5.26 Å². The van der Waals surface area contributed by atoms with Crippen LogP contribution in [0.3, 0.4) is 0 Å². The third-order valence-electron chi connectivity index (χ3n) is 8.65. The molecule has 0 bridgehead atoms. The summed E-state index contributed by atoms with van der Waals surface area (Å²) in [4.78, 5) is 19.3. The van der Waals surface area contributed by atoms with Crippen LogP contribution in [0.2, 0.25) is 0 Å². The molecule has 0 amide bonds. The minimum absolute atomic E-state index is 0.135. The fraction of sp³-hybridized carbons (Fsp3) is 0.500. The smallest absolute Gasteiger partial charge is 0.128 e. The van der Waals surface area contributed by atoms with Crippen molar-refractivity contribution >= 4 is 22.4 Å². The number of benzene rings is 1. The summed E-state index contributed by atoms with van der Waals surface area (Å²) in [6.07, 6.45) is 1.18. The van der Waals surface area contributed by atoms with Crippen LogP contribution in [0.1, 0.15) is 38.5 Å². The van der Waals surface area contributed by atoms with Gasteiger partial charge in [0.2, 0.25) is 0 Å². The number of hydrogen-bond acceptors (Lipinski definition) is 8. The Morgan fingerprint density at radius 3 is 2.76 bits per heavy atom. The third kappa shape index (κ3) is 4.71. The number of nitriles is 1. The molecule has 3 aromatic rings. The highest BCUT2D eigenvalue weighted by atomic mass is 15.4. The van der Waals surface area contributed by atoms with Crippen LogP contribution in [0.25, 0.3) is 10.9 Å². The molecule has 8 heteroatoms. The fourth-order valence-electron chi connectivity index (χ4n) is 6.58. The van der Waals surface area contributed by atoms with E-state index in [0.717, 1.165) is 81.4 Å². The molecule has 8 nitrogen and oxygen atoms in total. The van der Waals surface area contributed by atoms with Crippen molar-refractivity contribution in [2.75, 3.05) is 55.6 Å². The van der Waals surface area contributed by atoms with Gasteiger partial charge >= 0.3 is 0 Å². The van der Waals surface area contributed by atoms with E-state index in [1.54, 1.807) is 6.07 Å². The van der Waals surface area contributed by atoms with Gasteiger partial charge in [-0.2, -0.15) is 5.26 Å². The number of fused-ring (bicyclic) bond motifs is 2. The van der Waals surface area contributed by atoms with Gasteiger partial charge in [0, 0.05) is 92.9 Å². The Morgan fingerprint density at radius 2 is 2.00 bits per heavy atom. The van der Waals surface area contributed by atoms with E-state index in [2.05, 4.69) is 69.6 Å². The standard InChI is InChI=1S/C30H38N8/c1-21-16-37(27-8-6-23(15-31)29-26(27)5-4-11-33-29)19-25-18-35(13-14-38(21)25)17-24-7-9-28(34-22(24)2)36-12-10-30(3,32)20-36/h4-9,11,21,25H,10,12-14,16-20,32H2,1-3H3/t21-,25+,30-/m1/s1/i11D. The summed E-state index contributed by atoms with van der Waals surface area (Å²) in [5.41, 5.74) is 10.9. The maximum Gasteiger partial charge on any atom is 0.128 e. The predicted molar refractivity (Wildman–Crippen MR) is 152 cm³/mol. The molecular weight excluding hydrogens is 472 g/mol. The molecule has 2 aromatic heterocycles. The summed E-state index contributed by atoms with van der Waals surface area (Å²) in [5.74, 6) is 1.04. The van der Waals surface area contributed by atoms with Crippen molar-refractivity contribution in [2.45, 2.75) is 51.4 Å². The Bertz CT molecular complexity index is 1430. The largest absolute Gasteiger partial charge is 0.368 e. The van der Waals surface area contributed by atoms with Gasteiger partial charge in [0.15, 0.2) is 0 Å². The first-order valence-corrected chi connectivity index (χ1v) is 13.7. The van der Waals surface area contributed by atoms with Gasteiger partial charge in [-0.3, -0.25) is 14.8 Å². The van der Waals surface area contributed by atoms with Crippen molar-refractivity contribution in [3.8, 4) is 6.07 Å². The Labute approximate surface area is 227 Å². The normalized spacial score (nSPS) is 26.9. The van der Waals surface area contributed by atoms with Crippen LogP contribution in [0.4, 0.5) is 11.5 Å². The lowest BCUT2D eigenvalue weighted by atomic mass is 10.0. The second-order valence-corrected chi connectivity index (χ2v) is 11.7.